The van der Waals surface area contributed by atoms with Gasteiger partial charge in [-0.15, -0.1) is 0 Å². The molecule has 0 amide bonds. The highest BCUT2D eigenvalue weighted by molar-refractivity contribution is 7.89. The van der Waals surface area contributed by atoms with Crippen molar-refractivity contribution < 1.29 is 13.5 Å². The van der Waals surface area contributed by atoms with E-state index in [-0.39, 0.29) is 11.7 Å². The van der Waals surface area contributed by atoms with Crippen LogP contribution in [0.25, 0.3) is 0 Å². The molecular formula is C20H27N3O3S. The Hall–Kier alpha value is -1.96. The van der Waals surface area contributed by atoms with Crippen molar-refractivity contribution in [3.8, 4) is 5.75 Å². The summed E-state index contributed by atoms with van der Waals surface area (Å²) in [5.41, 5.74) is 2.59. The molecular weight excluding hydrogens is 362 g/mol. The van der Waals surface area contributed by atoms with Gasteiger partial charge in [0.15, 0.2) is 0 Å². The van der Waals surface area contributed by atoms with Gasteiger partial charge in [0.1, 0.15) is 5.75 Å². The molecule has 1 atom stereocenters. The molecule has 0 bridgehead atoms. The van der Waals surface area contributed by atoms with Crippen molar-refractivity contribution in [2.45, 2.75) is 38.1 Å². The van der Waals surface area contributed by atoms with Crippen LogP contribution in [0.3, 0.4) is 0 Å². The Bertz CT molecular complexity index is 882. The molecule has 6 nitrogen and oxygen atoms in total. The van der Waals surface area contributed by atoms with Crippen LogP contribution >= 0.6 is 0 Å². The van der Waals surface area contributed by atoms with Crippen LogP contribution < -0.4 is 4.72 Å². The third-order valence-corrected chi connectivity index (χ3v) is 6.40. The van der Waals surface area contributed by atoms with Gasteiger partial charge in [0, 0.05) is 25.3 Å². The van der Waals surface area contributed by atoms with Gasteiger partial charge < -0.3 is 5.11 Å². The largest absolute Gasteiger partial charge is 0.506 e. The van der Waals surface area contributed by atoms with E-state index in [0.717, 1.165) is 37.2 Å². The van der Waals surface area contributed by atoms with Crippen molar-refractivity contribution in [2.24, 2.45) is 5.92 Å². The highest BCUT2D eigenvalue weighted by atomic mass is 32.2. The van der Waals surface area contributed by atoms with Crippen molar-refractivity contribution in [3.05, 3.63) is 53.3 Å². The lowest BCUT2D eigenvalue weighted by Crippen LogP contribution is -2.40. The average molecular weight is 390 g/mol. The van der Waals surface area contributed by atoms with E-state index in [1.165, 1.54) is 0 Å². The number of hydrogen-bond donors (Lipinski definition) is 2. The fourth-order valence-corrected chi connectivity index (χ4v) is 4.54. The Labute approximate surface area is 161 Å². The Morgan fingerprint density at radius 1 is 1.19 bits per heavy atom. The minimum absolute atomic E-state index is 0.211. The summed E-state index contributed by atoms with van der Waals surface area (Å²) in [6.45, 7) is 6.54. The molecule has 0 spiro atoms. The number of aromatic hydroxyl groups is 1. The first kappa shape index (κ1) is 19.8. The summed E-state index contributed by atoms with van der Waals surface area (Å²) in [5.74, 6) is 0.453. The van der Waals surface area contributed by atoms with E-state index in [9.17, 15) is 13.5 Å². The Balaban J connectivity index is 1.58. The molecule has 0 aliphatic carbocycles. The number of nitrogens with zero attached hydrogens (tertiary/aromatic N) is 2. The molecule has 2 aromatic rings. The number of likely N-dealkylation sites (tertiary alicyclic amines) is 1. The highest BCUT2D eigenvalue weighted by Crippen LogP contribution is 2.22. The maximum atomic E-state index is 12.5. The molecule has 27 heavy (non-hydrogen) atoms. The summed E-state index contributed by atoms with van der Waals surface area (Å²) in [7, 11) is -3.49. The first-order valence-electron chi connectivity index (χ1n) is 9.27. The van der Waals surface area contributed by atoms with Crippen molar-refractivity contribution in [3.63, 3.8) is 0 Å². The lowest BCUT2D eigenvalue weighted by atomic mass is 9.98. The maximum Gasteiger partial charge on any atom is 0.240 e. The topological polar surface area (TPSA) is 82.5 Å². The average Bonchev–Trinajstić information content (AvgIpc) is 2.64. The molecule has 1 aromatic heterocycles. The molecule has 1 aliphatic rings. The fourth-order valence-electron chi connectivity index (χ4n) is 3.42. The summed E-state index contributed by atoms with van der Waals surface area (Å²) >= 11 is 0. The number of sulfonamides is 1. The molecule has 1 unspecified atom stereocenters. The molecule has 0 radical (unpaired) electrons. The first-order valence-corrected chi connectivity index (χ1v) is 10.8. The van der Waals surface area contributed by atoms with Gasteiger partial charge in [0.25, 0.3) is 0 Å². The van der Waals surface area contributed by atoms with Crippen LogP contribution in [0.2, 0.25) is 0 Å². The predicted molar refractivity (Wildman–Crippen MR) is 105 cm³/mol. The van der Waals surface area contributed by atoms with E-state index in [1.54, 1.807) is 36.4 Å². The van der Waals surface area contributed by atoms with Gasteiger partial charge in [-0.05, 0) is 63.4 Å². The van der Waals surface area contributed by atoms with Gasteiger partial charge in [0.2, 0.25) is 10.0 Å². The quantitative estimate of drug-likeness (QED) is 0.794. The van der Waals surface area contributed by atoms with Gasteiger partial charge in [-0.25, -0.2) is 13.1 Å². The molecule has 1 aromatic carbocycles. The molecule has 146 valence electrons. The summed E-state index contributed by atoms with van der Waals surface area (Å²) in [4.78, 5) is 6.95. The minimum Gasteiger partial charge on any atom is -0.506 e. The number of hydrogen-bond acceptors (Lipinski definition) is 5. The minimum atomic E-state index is -3.49. The smallest absolute Gasteiger partial charge is 0.240 e. The van der Waals surface area contributed by atoms with E-state index >= 15 is 0 Å². The van der Waals surface area contributed by atoms with Crippen molar-refractivity contribution in [1.29, 1.82) is 0 Å². The summed E-state index contributed by atoms with van der Waals surface area (Å²) < 4.78 is 27.7. The fraction of sp³-hybridized carbons (Fsp3) is 0.450. The standard InChI is InChI=1S/C20H27N3O3S/c1-15-5-8-18(9-6-15)27(25,26)21-12-17-4-3-11-23(13-17)14-19-20(24)10-7-16(2)22-19/h5-10,17,21,24H,3-4,11-14H2,1-2H3. The molecule has 2 N–H and O–H groups in total. The second-order valence-corrected chi connectivity index (χ2v) is 9.09. The lowest BCUT2D eigenvalue weighted by molar-refractivity contribution is 0.165. The van der Waals surface area contributed by atoms with Crippen molar-refractivity contribution in [2.75, 3.05) is 19.6 Å². The van der Waals surface area contributed by atoms with E-state index < -0.39 is 10.0 Å². The molecule has 2 heterocycles. The van der Waals surface area contributed by atoms with Crippen LogP contribution in [0.5, 0.6) is 5.75 Å². The molecule has 1 aliphatic heterocycles. The Kier molecular flexibility index (Phi) is 6.14. The number of rotatable bonds is 6. The van der Waals surface area contributed by atoms with Crippen LogP contribution in [0.15, 0.2) is 41.3 Å². The predicted octanol–water partition coefficient (Wildman–Crippen LogP) is 2.59. The van der Waals surface area contributed by atoms with Gasteiger partial charge in [-0.1, -0.05) is 17.7 Å². The number of benzene rings is 1. The number of aryl methyl sites for hydroxylation is 2. The summed E-state index contributed by atoms with van der Waals surface area (Å²) in [6, 6.07) is 10.3. The van der Waals surface area contributed by atoms with Gasteiger partial charge >= 0.3 is 0 Å². The van der Waals surface area contributed by atoms with E-state index in [4.69, 9.17) is 0 Å². The zero-order valence-corrected chi connectivity index (χ0v) is 16.7. The van der Waals surface area contributed by atoms with Crippen molar-refractivity contribution >= 4 is 10.0 Å². The van der Waals surface area contributed by atoms with Crippen LogP contribution in [-0.2, 0) is 16.6 Å². The van der Waals surface area contributed by atoms with Crippen LogP contribution in [0.4, 0.5) is 0 Å². The number of pyridine rings is 1. The lowest BCUT2D eigenvalue weighted by Gasteiger charge is -2.32. The maximum absolute atomic E-state index is 12.5. The molecule has 1 fully saturated rings. The second-order valence-electron chi connectivity index (χ2n) is 7.33. The zero-order chi connectivity index (χ0) is 19.4. The molecule has 7 heteroatoms. The Morgan fingerprint density at radius 3 is 2.67 bits per heavy atom. The SMILES string of the molecule is Cc1ccc(S(=O)(=O)NCC2CCCN(Cc3nc(C)ccc3O)C2)cc1. The number of aromatic nitrogens is 1. The number of nitrogens with one attached hydrogen (secondary N) is 1. The highest BCUT2D eigenvalue weighted by Gasteiger charge is 2.23. The Morgan fingerprint density at radius 2 is 1.93 bits per heavy atom. The van der Waals surface area contributed by atoms with Crippen molar-refractivity contribution in [1.82, 2.24) is 14.6 Å². The van der Waals surface area contributed by atoms with E-state index in [2.05, 4.69) is 14.6 Å². The normalized spacial score (nSPS) is 18.5. The zero-order valence-electron chi connectivity index (χ0n) is 15.9. The molecule has 1 saturated heterocycles. The van der Waals surface area contributed by atoms with Crippen LogP contribution in [0.1, 0.15) is 29.8 Å². The number of piperidine rings is 1. The summed E-state index contributed by atoms with van der Waals surface area (Å²) in [5, 5.41) is 10.0. The molecule has 0 saturated carbocycles. The van der Waals surface area contributed by atoms with E-state index in [1.807, 2.05) is 13.8 Å². The van der Waals surface area contributed by atoms with Crippen LogP contribution in [0, 0.1) is 19.8 Å². The van der Waals surface area contributed by atoms with Gasteiger partial charge in [0.05, 0.1) is 10.6 Å². The van der Waals surface area contributed by atoms with E-state index in [0.29, 0.717) is 23.7 Å². The monoisotopic (exact) mass is 389 g/mol. The van der Waals surface area contributed by atoms with Crippen LogP contribution in [-0.4, -0.2) is 43.0 Å². The van der Waals surface area contributed by atoms with Gasteiger partial charge in [-0.3, -0.25) is 9.88 Å². The third kappa shape index (κ3) is 5.28. The third-order valence-electron chi connectivity index (χ3n) is 4.96. The summed E-state index contributed by atoms with van der Waals surface area (Å²) in [6.07, 6.45) is 1.99. The molecule has 3 rings (SSSR count). The second kappa shape index (κ2) is 8.37. The van der Waals surface area contributed by atoms with Gasteiger partial charge in [-0.2, -0.15) is 0 Å². The first-order chi connectivity index (χ1) is 12.8.